The van der Waals surface area contributed by atoms with Crippen molar-refractivity contribution in [3.05, 3.63) is 44.6 Å². The summed E-state index contributed by atoms with van der Waals surface area (Å²) < 4.78 is 1.56. The zero-order valence-corrected chi connectivity index (χ0v) is 16.3. The summed E-state index contributed by atoms with van der Waals surface area (Å²) >= 11 is 14.9. The Balaban J connectivity index is 1.99. The summed E-state index contributed by atoms with van der Waals surface area (Å²) in [4.78, 5) is 21.8. The average Bonchev–Trinajstić information content (AvgIpc) is 3.14. The standard InChI is InChI=1S/C16H15Cl2N3OS2/c1-20(2)8-9-21(15(22)12-6-7-13(18)23-12)16-19-14-10(17)4-3-5-11(14)24-16/h3-7H,8-9H2,1-2H3. The maximum Gasteiger partial charge on any atom is 0.270 e. The van der Waals surface area contributed by atoms with Crippen molar-refractivity contribution in [3.63, 3.8) is 0 Å². The first kappa shape index (κ1) is 17.6. The number of thiazole rings is 1. The SMILES string of the molecule is CN(C)CCN(C(=O)c1ccc(Cl)s1)c1nc2c(Cl)cccc2s1. The number of hydrogen-bond acceptors (Lipinski definition) is 5. The van der Waals surface area contributed by atoms with E-state index in [9.17, 15) is 4.79 Å². The van der Waals surface area contributed by atoms with E-state index in [4.69, 9.17) is 23.2 Å². The van der Waals surface area contributed by atoms with E-state index in [1.807, 2.05) is 31.1 Å². The Hall–Kier alpha value is -1.18. The Morgan fingerprint density at radius 2 is 1.92 bits per heavy atom. The maximum atomic E-state index is 12.9. The number of thiophene rings is 1. The van der Waals surface area contributed by atoms with Gasteiger partial charge in [-0.1, -0.05) is 40.6 Å². The number of hydrogen-bond donors (Lipinski definition) is 0. The average molecular weight is 400 g/mol. The van der Waals surface area contributed by atoms with Crippen molar-refractivity contribution in [1.82, 2.24) is 9.88 Å². The lowest BCUT2D eigenvalue weighted by atomic mass is 10.3. The fourth-order valence-electron chi connectivity index (χ4n) is 2.16. The number of carbonyl (C=O) groups excluding carboxylic acids is 1. The second kappa shape index (κ2) is 7.37. The van der Waals surface area contributed by atoms with Gasteiger partial charge < -0.3 is 4.90 Å². The normalized spacial score (nSPS) is 11.4. The molecule has 0 fully saturated rings. The molecule has 0 saturated heterocycles. The van der Waals surface area contributed by atoms with Gasteiger partial charge in [-0.3, -0.25) is 9.69 Å². The van der Waals surface area contributed by atoms with Crippen LogP contribution in [0.2, 0.25) is 9.36 Å². The zero-order valence-electron chi connectivity index (χ0n) is 13.1. The zero-order chi connectivity index (χ0) is 17.3. The third-order valence-electron chi connectivity index (χ3n) is 3.39. The van der Waals surface area contributed by atoms with Gasteiger partial charge in [0.25, 0.3) is 5.91 Å². The number of rotatable bonds is 5. The molecule has 1 amide bonds. The molecule has 0 saturated carbocycles. The molecule has 8 heteroatoms. The van der Waals surface area contributed by atoms with Crippen LogP contribution in [0.3, 0.4) is 0 Å². The number of likely N-dealkylation sites (N-methyl/N-ethyl adjacent to an activating group) is 1. The highest BCUT2D eigenvalue weighted by Gasteiger charge is 2.23. The van der Waals surface area contributed by atoms with E-state index in [0.717, 1.165) is 16.8 Å². The smallest absolute Gasteiger partial charge is 0.270 e. The van der Waals surface area contributed by atoms with Gasteiger partial charge in [-0.15, -0.1) is 11.3 Å². The van der Waals surface area contributed by atoms with Crippen LogP contribution in [0.15, 0.2) is 30.3 Å². The van der Waals surface area contributed by atoms with Crippen LogP contribution in [0, 0.1) is 0 Å². The van der Waals surface area contributed by atoms with Gasteiger partial charge in [-0.05, 0) is 38.4 Å². The number of fused-ring (bicyclic) bond motifs is 1. The number of nitrogens with zero attached hydrogens (tertiary/aromatic N) is 3. The van der Waals surface area contributed by atoms with Crippen molar-refractivity contribution in [2.24, 2.45) is 0 Å². The van der Waals surface area contributed by atoms with E-state index in [2.05, 4.69) is 4.98 Å². The Morgan fingerprint density at radius 1 is 1.12 bits per heavy atom. The summed E-state index contributed by atoms with van der Waals surface area (Å²) in [5, 5.41) is 1.24. The molecule has 126 valence electrons. The summed E-state index contributed by atoms with van der Waals surface area (Å²) in [6.45, 7) is 1.27. The van der Waals surface area contributed by atoms with Gasteiger partial charge in [-0.2, -0.15) is 0 Å². The summed E-state index contributed by atoms with van der Waals surface area (Å²) in [7, 11) is 3.94. The molecule has 0 radical (unpaired) electrons. The molecule has 0 bridgehead atoms. The predicted molar refractivity (Wildman–Crippen MR) is 104 cm³/mol. The Bertz CT molecular complexity index is 875. The number of para-hydroxylation sites is 1. The molecular weight excluding hydrogens is 385 g/mol. The second-order valence-corrected chi connectivity index (χ2v) is 8.58. The van der Waals surface area contributed by atoms with Crippen LogP contribution in [-0.2, 0) is 0 Å². The van der Waals surface area contributed by atoms with Crippen LogP contribution in [0.25, 0.3) is 10.2 Å². The molecule has 4 nitrogen and oxygen atoms in total. The second-order valence-electron chi connectivity index (χ2n) is 5.45. The van der Waals surface area contributed by atoms with Gasteiger partial charge in [-0.25, -0.2) is 4.98 Å². The predicted octanol–water partition coefficient (Wildman–Crippen LogP) is 4.87. The first-order chi connectivity index (χ1) is 11.5. The number of aromatic nitrogens is 1. The molecule has 1 aromatic carbocycles. The van der Waals surface area contributed by atoms with Gasteiger partial charge in [0.1, 0.15) is 5.52 Å². The number of anilines is 1. The summed E-state index contributed by atoms with van der Waals surface area (Å²) in [6.07, 6.45) is 0. The fraction of sp³-hybridized carbons (Fsp3) is 0.250. The quantitative estimate of drug-likeness (QED) is 0.613. The highest BCUT2D eigenvalue weighted by Crippen LogP contribution is 2.34. The highest BCUT2D eigenvalue weighted by molar-refractivity contribution is 7.22. The van der Waals surface area contributed by atoms with Crippen molar-refractivity contribution in [2.75, 3.05) is 32.1 Å². The molecular formula is C16H15Cl2N3OS2. The minimum absolute atomic E-state index is 0.0936. The molecule has 3 aromatic rings. The van der Waals surface area contributed by atoms with Gasteiger partial charge >= 0.3 is 0 Å². The molecule has 0 aliphatic rings. The lowest BCUT2D eigenvalue weighted by molar-refractivity contribution is 0.0989. The number of halogens is 2. The molecule has 2 aromatic heterocycles. The van der Waals surface area contributed by atoms with E-state index in [0.29, 0.717) is 25.9 Å². The maximum absolute atomic E-state index is 12.9. The molecule has 0 aliphatic heterocycles. The summed E-state index contributed by atoms with van der Waals surface area (Å²) in [6, 6.07) is 9.13. The van der Waals surface area contributed by atoms with Crippen LogP contribution in [0.5, 0.6) is 0 Å². The number of carbonyl (C=O) groups is 1. The number of amides is 1. The van der Waals surface area contributed by atoms with Gasteiger partial charge in [0, 0.05) is 13.1 Å². The first-order valence-electron chi connectivity index (χ1n) is 7.22. The number of benzene rings is 1. The third-order valence-corrected chi connectivity index (χ3v) is 5.96. The molecule has 0 unspecified atom stereocenters. The molecule has 2 heterocycles. The minimum Gasteiger partial charge on any atom is -0.308 e. The van der Waals surface area contributed by atoms with Crippen molar-refractivity contribution in [1.29, 1.82) is 0 Å². The first-order valence-corrected chi connectivity index (χ1v) is 9.61. The largest absolute Gasteiger partial charge is 0.308 e. The van der Waals surface area contributed by atoms with Crippen LogP contribution in [0.4, 0.5) is 5.13 Å². The highest BCUT2D eigenvalue weighted by atomic mass is 35.5. The monoisotopic (exact) mass is 399 g/mol. The van der Waals surface area contributed by atoms with Crippen molar-refractivity contribution in [3.8, 4) is 0 Å². The molecule has 0 spiro atoms. The van der Waals surface area contributed by atoms with Crippen molar-refractivity contribution >= 4 is 67.1 Å². The third kappa shape index (κ3) is 3.73. The Morgan fingerprint density at radius 3 is 2.54 bits per heavy atom. The van der Waals surface area contributed by atoms with E-state index in [-0.39, 0.29) is 5.91 Å². The van der Waals surface area contributed by atoms with Crippen LogP contribution in [-0.4, -0.2) is 43.0 Å². The fourth-order valence-corrected chi connectivity index (χ4v) is 4.45. The molecule has 24 heavy (non-hydrogen) atoms. The Labute approximate surface area is 158 Å². The summed E-state index contributed by atoms with van der Waals surface area (Å²) in [5.74, 6) is -0.0936. The molecule has 3 rings (SSSR count). The van der Waals surface area contributed by atoms with Crippen LogP contribution >= 0.6 is 45.9 Å². The van der Waals surface area contributed by atoms with Crippen molar-refractivity contribution in [2.45, 2.75) is 0 Å². The lowest BCUT2D eigenvalue weighted by Gasteiger charge is -2.21. The van der Waals surface area contributed by atoms with E-state index < -0.39 is 0 Å². The topological polar surface area (TPSA) is 36.4 Å². The summed E-state index contributed by atoms with van der Waals surface area (Å²) in [5.41, 5.74) is 0.728. The van der Waals surface area contributed by atoms with E-state index in [1.54, 1.807) is 23.1 Å². The van der Waals surface area contributed by atoms with Gasteiger partial charge in [0.05, 0.1) is 18.9 Å². The van der Waals surface area contributed by atoms with Crippen LogP contribution in [0.1, 0.15) is 9.67 Å². The molecule has 0 aliphatic carbocycles. The van der Waals surface area contributed by atoms with E-state index in [1.165, 1.54) is 22.7 Å². The van der Waals surface area contributed by atoms with Crippen LogP contribution < -0.4 is 4.90 Å². The minimum atomic E-state index is -0.0936. The van der Waals surface area contributed by atoms with Gasteiger partial charge in [0.2, 0.25) is 0 Å². The van der Waals surface area contributed by atoms with Crippen molar-refractivity contribution < 1.29 is 4.79 Å². The van der Waals surface area contributed by atoms with Gasteiger partial charge in [0.15, 0.2) is 5.13 Å². The molecule has 0 atom stereocenters. The lowest BCUT2D eigenvalue weighted by Crippen LogP contribution is -2.36. The molecule has 0 N–H and O–H groups in total. The Kier molecular flexibility index (Phi) is 5.42. The van der Waals surface area contributed by atoms with E-state index >= 15 is 0 Å².